The molecule has 2 aromatic rings. The molecule has 2 aromatic heterocycles. The lowest BCUT2D eigenvalue weighted by Crippen LogP contribution is -2.33. The summed E-state index contributed by atoms with van der Waals surface area (Å²) in [5.74, 6) is -0.351. The number of hydrogen-bond donors (Lipinski definition) is 1. The van der Waals surface area contributed by atoms with E-state index in [-0.39, 0.29) is 5.91 Å². The summed E-state index contributed by atoms with van der Waals surface area (Å²) < 4.78 is 2.32. The van der Waals surface area contributed by atoms with Crippen molar-refractivity contribution in [1.82, 2.24) is 14.5 Å². The van der Waals surface area contributed by atoms with Crippen LogP contribution in [0.15, 0.2) is 24.5 Å². The quantitative estimate of drug-likeness (QED) is 0.829. The number of carbonyl (C=O) groups excluding carboxylic acids is 1. The van der Waals surface area contributed by atoms with Gasteiger partial charge in [-0.15, -0.1) is 0 Å². The summed E-state index contributed by atoms with van der Waals surface area (Å²) in [5.41, 5.74) is 10.6. The summed E-state index contributed by atoms with van der Waals surface area (Å²) in [6.45, 7) is 8.49. The lowest BCUT2D eigenvalue weighted by atomic mass is 9.99. The zero-order chi connectivity index (χ0) is 18.5. The number of aromatic nitrogens is 2. The van der Waals surface area contributed by atoms with Crippen LogP contribution in [0.3, 0.4) is 0 Å². The van der Waals surface area contributed by atoms with Crippen LogP contribution in [0.5, 0.6) is 0 Å². The highest BCUT2D eigenvalue weighted by atomic mass is 16.1. The van der Waals surface area contributed by atoms with E-state index < -0.39 is 0 Å². The van der Waals surface area contributed by atoms with Gasteiger partial charge in [0.15, 0.2) is 0 Å². The molecule has 5 nitrogen and oxygen atoms in total. The minimum Gasteiger partial charge on any atom is -0.366 e. The second-order valence-corrected chi connectivity index (χ2v) is 7.19. The predicted molar refractivity (Wildman–Crippen MR) is 105 cm³/mol. The fourth-order valence-corrected chi connectivity index (χ4v) is 4.14. The Bertz CT molecular complexity index is 745. The van der Waals surface area contributed by atoms with Crippen molar-refractivity contribution < 1.29 is 4.79 Å². The lowest BCUT2D eigenvalue weighted by molar-refractivity contribution is 0.1000. The fraction of sp³-hybridized carbons (Fsp3) is 0.524. The Kier molecular flexibility index (Phi) is 6.09. The smallest absolute Gasteiger partial charge is 0.251 e. The maximum atomic E-state index is 12.3. The molecule has 1 amide bonds. The van der Waals surface area contributed by atoms with E-state index in [9.17, 15) is 4.79 Å². The number of primary amides is 1. The molecule has 0 spiro atoms. The summed E-state index contributed by atoms with van der Waals surface area (Å²) in [6, 6.07) is 3.93. The molecular formula is C21H30N4O. The molecule has 2 N–H and O–H groups in total. The van der Waals surface area contributed by atoms with Crippen molar-refractivity contribution in [2.45, 2.75) is 52.5 Å². The van der Waals surface area contributed by atoms with E-state index in [1.54, 1.807) is 6.20 Å². The molecule has 1 aliphatic heterocycles. The average molecular weight is 354 g/mol. The second kappa shape index (κ2) is 8.49. The van der Waals surface area contributed by atoms with Gasteiger partial charge in [0.25, 0.3) is 5.91 Å². The van der Waals surface area contributed by atoms with Crippen molar-refractivity contribution in [1.29, 1.82) is 0 Å². The molecule has 0 bridgehead atoms. The molecule has 3 rings (SSSR count). The maximum Gasteiger partial charge on any atom is 0.251 e. The van der Waals surface area contributed by atoms with Gasteiger partial charge < -0.3 is 15.2 Å². The van der Waals surface area contributed by atoms with Crippen LogP contribution in [0.4, 0.5) is 0 Å². The van der Waals surface area contributed by atoms with Crippen molar-refractivity contribution in [3.63, 3.8) is 0 Å². The van der Waals surface area contributed by atoms with Crippen LogP contribution in [-0.4, -0.2) is 40.0 Å². The molecular weight excluding hydrogens is 324 g/mol. The highest BCUT2D eigenvalue weighted by Crippen LogP contribution is 2.33. The van der Waals surface area contributed by atoms with Gasteiger partial charge in [-0.1, -0.05) is 25.8 Å². The zero-order valence-electron chi connectivity index (χ0n) is 16.0. The summed E-state index contributed by atoms with van der Waals surface area (Å²) in [4.78, 5) is 19.1. The van der Waals surface area contributed by atoms with Gasteiger partial charge in [0.1, 0.15) is 0 Å². The molecule has 0 aromatic carbocycles. The molecule has 0 radical (unpaired) electrons. The Morgan fingerprint density at radius 1 is 1.23 bits per heavy atom. The Morgan fingerprint density at radius 3 is 2.62 bits per heavy atom. The van der Waals surface area contributed by atoms with Crippen LogP contribution in [0, 0.1) is 6.92 Å². The highest BCUT2D eigenvalue weighted by Gasteiger charge is 2.24. The number of rotatable bonds is 7. The molecule has 0 atom stereocenters. The molecule has 0 aliphatic carbocycles. The van der Waals surface area contributed by atoms with Gasteiger partial charge in [-0.05, 0) is 45.3 Å². The van der Waals surface area contributed by atoms with Crippen LogP contribution in [0.1, 0.15) is 54.4 Å². The molecule has 1 saturated heterocycles. The Labute approximate surface area is 156 Å². The largest absolute Gasteiger partial charge is 0.366 e. The van der Waals surface area contributed by atoms with Crippen molar-refractivity contribution in [2.75, 3.05) is 19.6 Å². The summed E-state index contributed by atoms with van der Waals surface area (Å²) in [6.07, 6.45) is 9.47. The number of likely N-dealkylation sites (tertiary alicyclic amines) is 1. The van der Waals surface area contributed by atoms with Gasteiger partial charge >= 0.3 is 0 Å². The summed E-state index contributed by atoms with van der Waals surface area (Å²) in [7, 11) is 0. The zero-order valence-corrected chi connectivity index (χ0v) is 16.0. The van der Waals surface area contributed by atoms with E-state index in [1.807, 2.05) is 25.3 Å². The van der Waals surface area contributed by atoms with Crippen molar-refractivity contribution >= 4 is 5.91 Å². The number of nitrogens with two attached hydrogens (primary N) is 1. The maximum absolute atomic E-state index is 12.3. The van der Waals surface area contributed by atoms with E-state index in [4.69, 9.17) is 5.73 Å². The van der Waals surface area contributed by atoms with Crippen molar-refractivity contribution in [3.05, 3.63) is 41.5 Å². The minimum absolute atomic E-state index is 0.351. The van der Waals surface area contributed by atoms with Crippen LogP contribution in [0.25, 0.3) is 11.1 Å². The van der Waals surface area contributed by atoms with E-state index in [1.165, 1.54) is 38.0 Å². The normalized spacial score (nSPS) is 15.3. The number of piperidine rings is 1. The molecule has 26 heavy (non-hydrogen) atoms. The van der Waals surface area contributed by atoms with Crippen LogP contribution in [0.2, 0.25) is 0 Å². The van der Waals surface area contributed by atoms with E-state index in [0.29, 0.717) is 5.56 Å². The molecule has 1 aliphatic rings. The number of amides is 1. The third-order valence-electron chi connectivity index (χ3n) is 5.40. The molecule has 140 valence electrons. The number of hydrogen-bond acceptors (Lipinski definition) is 3. The van der Waals surface area contributed by atoms with E-state index >= 15 is 0 Å². The monoisotopic (exact) mass is 354 g/mol. The first-order valence-electron chi connectivity index (χ1n) is 9.78. The topological polar surface area (TPSA) is 64.1 Å². The highest BCUT2D eigenvalue weighted by molar-refractivity contribution is 6.02. The van der Waals surface area contributed by atoms with Crippen LogP contribution in [-0.2, 0) is 13.0 Å². The van der Waals surface area contributed by atoms with E-state index in [0.717, 1.165) is 42.8 Å². The Morgan fingerprint density at radius 2 is 2.00 bits per heavy atom. The molecule has 0 unspecified atom stereocenters. The van der Waals surface area contributed by atoms with Gasteiger partial charge in [0.2, 0.25) is 0 Å². The first kappa shape index (κ1) is 18.6. The Hall–Kier alpha value is -2.14. The van der Waals surface area contributed by atoms with Crippen molar-refractivity contribution in [3.8, 4) is 11.1 Å². The minimum atomic E-state index is -0.351. The van der Waals surface area contributed by atoms with Gasteiger partial charge in [-0.3, -0.25) is 9.78 Å². The number of carbonyl (C=O) groups is 1. The standard InChI is InChI=1S/C21H30N4O/c1-3-8-18-20(17-9-7-10-23-15-17)19(21(22)26)16(2)25(18)14-13-24-11-5-4-6-12-24/h7,9-10,15H,3-6,8,11-14H2,1-2H3,(H2,22,26). The Balaban J connectivity index is 2.01. The first-order chi connectivity index (χ1) is 12.6. The fourth-order valence-electron chi connectivity index (χ4n) is 4.14. The molecule has 0 saturated carbocycles. The van der Waals surface area contributed by atoms with Gasteiger partial charge in [-0.2, -0.15) is 0 Å². The van der Waals surface area contributed by atoms with Crippen LogP contribution < -0.4 is 5.73 Å². The second-order valence-electron chi connectivity index (χ2n) is 7.19. The van der Waals surface area contributed by atoms with Gasteiger partial charge in [-0.25, -0.2) is 0 Å². The SMILES string of the molecule is CCCc1c(-c2cccnc2)c(C(N)=O)c(C)n1CCN1CCCCC1. The lowest BCUT2D eigenvalue weighted by Gasteiger charge is -2.27. The van der Waals surface area contributed by atoms with Crippen LogP contribution >= 0.6 is 0 Å². The predicted octanol–water partition coefficient (Wildman–Crippen LogP) is 3.40. The molecule has 1 fully saturated rings. The average Bonchev–Trinajstić information content (AvgIpc) is 2.94. The number of nitrogens with zero attached hydrogens (tertiary/aromatic N) is 3. The molecule has 3 heterocycles. The van der Waals surface area contributed by atoms with E-state index in [2.05, 4.69) is 21.4 Å². The first-order valence-corrected chi connectivity index (χ1v) is 9.78. The van der Waals surface area contributed by atoms with Gasteiger partial charge in [0, 0.05) is 48.0 Å². The third kappa shape index (κ3) is 3.83. The number of pyridine rings is 1. The summed E-state index contributed by atoms with van der Waals surface area (Å²) in [5, 5.41) is 0. The molecule has 5 heteroatoms. The van der Waals surface area contributed by atoms with Gasteiger partial charge in [0.05, 0.1) is 5.56 Å². The third-order valence-corrected chi connectivity index (χ3v) is 5.40. The van der Waals surface area contributed by atoms with Crippen molar-refractivity contribution in [2.24, 2.45) is 5.73 Å². The summed E-state index contributed by atoms with van der Waals surface area (Å²) >= 11 is 0.